The molecule has 1 unspecified atom stereocenters. The molecule has 1 aliphatic rings. The molecule has 0 bridgehead atoms. The van der Waals surface area contributed by atoms with E-state index in [9.17, 15) is 20.2 Å². The average molecular weight is 290 g/mol. The number of allylic oxidation sites excluding steroid dienone is 2. The maximum Gasteiger partial charge on any atom is 0.301 e. The molecule has 8 nitrogen and oxygen atoms in total. The fourth-order valence-electron chi connectivity index (χ4n) is 2.07. The van der Waals surface area contributed by atoms with Gasteiger partial charge < -0.3 is 0 Å². The summed E-state index contributed by atoms with van der Waals surface area (Å²) in [7, 11) is 0. The number of nitro groups is 2. The third-order valence-corrected chi connectivity index (χ3v) is 3.19. The molecule has 0 fully saturated rings. The molecule has 2 rings (SSSR count). The van der Waals surface area contributed by atoms with Crippen LogP contribution in [0.4, 0.5) is 17.1 Å². The summed E-state index contributed by atoms with van der Waals surface area (Å²) < 4.78 is 0. The first kappa shape index (κ1) is 14.6. The topological polar surface area (TPSA) is 111 Å². The van der Waals surface area contributed by atoms with Crippen LogP contribution in [0.5, 0.6) is 0 Å². The van der Waals surface area contributed by atoms with Crippen molar-refractivity contribution >= 4 is 23.3 Å². The molecule has 1 N–H and O–H groups in total. The van der Waals surface area contributed by atoms with Crippen LogP contribution in [0, 0.1) is 26.1 Å². The van der Waals surface area contributed by atoms with Crippen LogP contribution in [-0.2, 0) is 0 Å². The molecular weight excluding hydrogens is 276 g/mol. The molecule has 1 aromatic rings. The van der Waals surface area contributed by atoms with E-state index in [1.807, 2.05) is 0 Å². The van der Waals surface area contributed by atoms with Gasteiger partial charge in [-0.3, -0.25) is 25.7 Å². The highest BCUT2D eigenvalue weighted by Crippen LogP contribution is 2.28. The van der Waals surface area contributed by atoms with Gasteiger partial charge in [-0.25, -0.2) is 0 Å². The van der Waals surface area contributed by atoms with Gasteiger partial charge in [0.05, 0.1) is 15.9 Å². The summed E-state index contributed by atoms with van der Waals surface area (Å²) in [5.41, 5.74) is 1.99. The Bertz CT molecular complexity index is 612. The highest BCUT2D eigenvalue weighted by atomic mass is 16.6. The number of nitrogens with one attached hydrogen (secondary N) is 1. The van der Waals surface area contributed by atoms with Gasteiger partial charge in [0.1, 0.15) is 5.69 Å². The van der Waals surface area contributed by atoms with Gasteiger partial charge in [0.2, 0.25) is 0 Å². The lowest BCUT2D eigenvalue weighted by Crippen LogP contribution is -1.99. The third kappa shape index (κ3) is 3.85. The van der Waals surface area contributed by atoms with E-state index in [1.54, 1.807) is 6.21 Å². The van der Waals surface area contributed by atoms with Gasteiger partial charge >= 0.3 is 5.69 Å². The highest BCUT2D eigenvalue weighted by Gasteiger charge is 2.19. The van der Waals surface area contributed by atoms with Crippen molar-refractivity contribution in [1.29, 1.82) is 0 Å². The second-order valence-electron chi connectivity index (χ2n) is 4.64. The van der Waals surface area contributed by atoms with Crippen LogP contribution in [0.2, 0.25) is 0 Å². The molecule has 1 atom stereocenters. The molecule has 0 amide bonds. The number of hydrogen-bond acceptors (Lipinski definition) is 6. The summed E-state index contributed by atoms with van der Waals surface area (Å²) in [6.07, 6.45) is 8.81. The Morgan fingerprint density at radius 2 is 2.14 bits per heavy atom. The van der Waals surface area contributed by atoms with Crippen molar-refractivity contribution in [2.45, 2.75) is 19.3 Å². The molecule has 110 valence electrons. The quantitative estimate of drug-likeness (QED) is 0.374. The van der Waals surface area contributed by atoms with Crippen LogP contribution in [-0.4, -0.2) is 16.1 Å². The van der Waals surface area contributed by atoms with Crippen LogP contribution < -0.4 is 5.43 Å². The molecule has 1 aliphatic carbocycles. The first-order valence-electron chi connectivity index (χ1n) is 6.45. The SMILES string of the molecule is O=[N+]([O-])c1ccc(N/N=C/CC2C=CCC2)c([N+](=O)[O-])c1. The lowest BCUT2D eigenvalue weighted by Gasteiger charge is -2.03. The Labute approximate surface area is 120 Å². The standard InChI is InChI=1S/C13H14N4O4/c18-16(19)11-5-6-12(13(9-11)17(20)21)15-14-8-7-10-3-1-2-4-10/h1,3,5-6,8-10,15H,2,4,7H2/b14-8+. The average Bonchev–Trinajstić information content (AvgIpc) is 2.96. The van der Waals surface area contributed by atoms with E-state index >= 15 is 0 Å². The van der Waals surface area contributed by atoms with Crippen molar-refractivity contribution in [2.75, 3.05) is 5.43 Å². The smallest absolute Gasteiger partial charge is 0.272 e. The summed E-state index contributed by atoms with van der Waals surface area (Å²) in [6, 6.07) is 3.39. The van der Waals surface area contributed by atoms with Gasteiger partial charge in [-0.1, -0.05) is 12.2 Å². The van der Waals surface area contributed by atoms with Crippen LogP contribution >= 0.6 is 0 Å². The number of hydrogen-bond donors (Lipinski definition) is 1. The summed E-state index contributed by atoms with van der Waals surface area (Å²) >= 11 is 0. The van der Waals surface area contributed by atoms with Crippen molar-refractivity contribution in [1.82, 2.24) is 0 Å². The predicted molar refractivity (Wildman–Crippen MR) is 78.3 cm³/mol. The summed E-state index contributed by atoms with van der Waals surface area (Å²) in [6.45, 7) is 0. The molecule has 0 aromatic heterocycles. The minimum Gasteiger partial charge on any atom is -0.272 e. The summed E-state index contributed by atoms with van der Waals surface area (Å²) in [5.74, 6) is 0.461. The van der Waals surface area contributed by atoms with Gasteiger partial charge in [0.15, 0.2) is 0 Å². The zero-order chi connectivity index (χ0) is 15.2. The Morgan fingerprint density at radius 3 is 2.76 bits per heavy atom. The molecule has 21 heavy (non-hydrogen) atoms. The van der Waals surface area contributed by atoms with Gasteiger partial charge in [-0.15, -0.1) is 0 Å². The number of anilines is 1. The molecule has 0 saturated carbocycles. The van der Waals surface area contributed by atoms with Crippen LogP contribution in [0.1, 0.15) is 19.3 Å². The molecule has 8 heteroatoms. The van der Waals surface area contributed by atoms with E-state index < -0.39 is 9.85 Å². The number of benzene rings is 1. The summed E-state index contributed by atoms with van der Waals surface area (Å²) in [4.78, 5) is 20.2. The monoisotopic (exact) mass is 290 g/mol. The normalized spacial score (nSPS) is 17.2. The van der Waals surface area contributed by atoms with Crippen molar-refractivity contribution in [3.8, 4) is 0 Å². The predicted octanol–water partition coefficient (Wildman–Crippen LogP) is 3.26. The molecule has 0 aliphatic heterocycles. The Kier molecular flexibility index (Phi) is 4.60. The lowest BCUT2D eigenvalue weighted by atomic mass is 10.1. The van der Waals surface area contributed by atoms with E-state index in [0.29, 0.717) is 5.92 Å². The Hall–Kier alpha value is -2.77. The number of nitro benzene ring substituents is 2. The molecule has 0 spiro atoms. The fraction of sp³-hybridized carbons (Fsp3) is 0.308. The molecule has 0 saturated heterocycles. The van der Waals surface area contributed by atoms with Crippen molar-refractivity contribution in [2.24, 2.45) is 11.0 Å². The first-order chi connectivity index (χ1) is 10.1. The zero-order valence-electron chi connectivity index (χ0n) is 11.1. The van der Waals surface area contributed by atoms with Crippen LogP contribution in [0.25, 0.3) is 0 Å². The van der Waals surface area contributed by atoms with Crippen molar-refractivity contribution in [3.63, 3.8) is 0 Å². The molecular formula is C13H14N4O4. The third-order valence-electron chi connectivity index (χ3n) is 3.19. The number of rotatable bonds is 6. The van der Waals surface area contributed by atoms with Crippen molar-refractivity contribution < 1.29 is 9.85 Å². The highest BCUT2D eigenvalue weighted by molar-refractivity contribution is 5.67. The Balaban J connectivity index is 2.04. The van der Waals surface area contributed by atoms with Gasteiger partial charge in [0, 0.05) is 12.3 Å². The largest absolute Gasteiger partial charge is 0.301 e. The van der Waals surface area contributed by atoms with Crippen molar-refractivity contribution in [3.05, 3.63) is 50.6 Å². The van der Waals surface area contributed by atoms with Gasteiger partial charge in [0.25, 0.3) is 5.69 Å². The number of non-ortho nitro benzene ring substituents is 1. The Morgan fingerprint density at radius 1 is 1.33 bits per heavy atom. The van der Waals surface area contributed by atoms with E-state index in [2.05, 4.69) is 22.7 Å². The number of hydrazone groups is 1. The minimum absolute atomic E-state index is 0.129. The second kappa shape index (κ2) is 6.60. The minimum atomic E-state index is -0.676. The second-order valence-corrected chi connectivity index (χ2v) is 4.64. The molecule has 0 heterocycles. The number of nitrogens with zero attached hydrogens (tertiary/aromatic N) is 3. The maximum atomic E-state index is 10.9. The van der Waals surface area contributed by atoms with E-state index in [0.717, 1.165) is 25.3 Å². The van der Waals surface area contributed by atoms with Gasteiger partial charge in [-0.05, 0) is 31.2 Å². The molecule has 1 aromatic carbocycles. The maximum absolute atomic E-state index is 10.9. The van der Waals surface area contributed by atoms with E-state index in [-0.39, 0.29) is 17.1 Å². The molecule has 0 radical (unpaired) electrons. The zero-order valence-corrected chi connectivity index (χ0v) is 11.1. The lowest BCUT2D eigenvalue weighted by molar-refractivity contribution is -0.393. The summed E-state index contributed by atoms with van der Waals surface area (Å²) in [5, 5.41) is 25.5. The van der Waals surface area contributed by atoms with E-state index in [4.69, 9.17) is 0 Å². The van der Waals surface area contributed by atoms with Crippen LogP contribution in [0.15, 0.2) is 35.5 Å². The van der Waals surface area contributed by atoms with Gasteiger partial charge in [-0.2, -0.15) is 5.10 Å². The van der Waals surface area contributed by atoms with Crippen LogP contribution in [0.3, 0.4) is 0 Å². The first-order valence-corrected chi connectivity index (χ1v) is 6.45. The fourth-order valence-corrected chi connectivity index (χ4v) is 2.07. The van der Waals surface area contributed by atoms with E-state index in [1.165, 1.54) is 12.1 Å².